The third kappa shape index (κ3) is 3.40. The fraction of sp³-hybridized carbons (Fsp3) is 0.217. The molecule has 30 heavy (non-hydrogen) atoms. The molecular weight excluding hydrogens is 393 g/mol. The molecule has 0 amide bonds. The molecule has 0 bridgehead atoms. The maximum atomic E-state index is 12.8. The number of ketones is 1. The minimum absolute atomic E-state index is 0.00947. The van der Waals surface area contributed by atoms with Crippen molar-refractivity contribution in [3.63, 3.8) is 0 Å². The molecule has 2 heterocycles. The number of Topliss-reactive ketones (excluding diaryl/α,β-unsaturated/α-hetero) is 1. The largest absolute Gasteiger partial charge is 0.441 e. The number of nitrogens with zero attached hydrogens (tertiary/aromatic N) is 2. The van der Waals surface area contributed by atoms with Crippen LogP contribution in [-0.4, -0.2) is 15.3 Å². The standard InChI is InChI=1S/C23H19F3N2O2/c1-13-21(14(2)29)18-6-4-5-7-20(18)28(13)12-19-15(3)30-22(27-19)16-8-10-17(11-9-16)23(24,25)26/h4-11H,12H2,1-3H3. The molecule has 0 radical (unpaired) electrons. The predicted molar refractivity (Wildman–Crippen MR) is 107 cm³/mol. The van der Waals surface area contributed by atoms with Crippen molar-refractivity contribution in [3.05, 3.63) is 76.8 Å². The van der Waals surface area contributed by atoms with Crippen molar-refractivity contribution in [1.29, 1.82) is 0 Å². The summed E-state index contributed by atoms with van der Waals surface area (Å²) in [5, 5.41) is 0.881. The Kier molecular flexibility index (Phi) is 4.76. The summed E-state index contributed by atoms with van der Waals surface area (Å²) in [6, 6.07) is 12.4. The molecule has 4 nitrogen and oxygen atoms in total. The first-order chi connectivity index (χ1) is 14.2. The van der Waals surface area contributed by atoms with Crippen LogP contribution < -0.4 is 0 Å². The van der Waals surface area contributed by atoms with E-state index in [1.807, 2.05) is 35.8 Å². The Balaban J connectivity index is 1.72. The number of aromatic nitrogens is 2. The first-order valence-electron chi connectivity index (χ1n) is 9.39. The van der Waals surface area contributed by atoms with E-state index in [0.717, 1.165) is 28.7 Å². The van der Waals surface area contributed by atoms with Crippen LogP contribution in [0.1, 0.15) is 40.0 Å². The van der Waals surface area contributed by atoms with Crippen LogP contribution in [0.5, 0.6) is 0 Å². The third-order valence-corrected chi connectivity index (χ3v) is 5.24. The lowest BCUT2D eigenvalue weighted by atomic mass is 10.1. The maximum absolute atomic E-state index is 12.8. The monoisotopic (exact) mass is 412 g/mol. The highest BCUT2D eigenvalue weighted by Crippen LogP contribution is 2.32. The average Bonchev–Trinajstić information content (AvgIpc) is 3.19. The molecule has 2 aromatic heterocycles. The van der Waals surface area contributed by atoms with Crippen LogP contribution >= 0.6 is 0 Å². The number of para-hydroxylation sites is 1. The lowest BCUT2D eigenvalue weighted by Crippen LogP contribution is -2.05. The minimum atomic E-state index is -4.39. The Morgan fingerprint density at radius 2 is 1.73 bits per heavy atom. The number of oxazole rings is 1. The summed E-state index contributed by atoms with van der Waals surface area (Å²) in [6.07, 6.45) is -4.39. The Morgan fingerprint density at radius 3 is 2.37 bits per heavy atom. The topological polar surface area (TPSA) is 48.0 Å². The molecular formula is C23H19F3N2O2. The number of hydrogen-bond donors (Lipinski definition) is 0. The van der Waals surface area contributed by atoms with Gasteiger partial charge < -0.3 is 8.98 Å². The van der Waals surface area contributed by atoms with Crippen molar-refractivity contribution in [3.8, 4) is 11.5 Å². The second-order valence-corrected chi connectivity index (χ2v) is 7.22. The average molecular weight is 412 g/mol. The maximum Gasteiger partial charge on any atom is 0.416 e. The number of carbonyl (C=O) groups is 1. The van der Waals surface area contributed by atoms with Gasteiger partial charge in [-0.25, -0.2) is 4.98 Å². The van der Waals surface area contributed by atoms with Crippen molar-refractivity contribution >= 4 is 16.7 Å². The van der Waals surface area contributed by atoms with E-state index >= 15 is 0 Å². The lowest BCUT2D eigenvalue weighted by molar-refractivity contribution is -0.137. The molecule has 0 saturated heterocycles. The first kappa shape index (κ1) is 19.9. The number of rotatable bonds is 4. The molecule has 4 rings (SSSR count). The second kappa shape index (κ2) is 7.16. The molecule has 0 saturated carbocycles. The number of benzene rings is 2. The summed E-state index contributed by atoms with van der Waals surface area (Å²) >= 11 is 0. The van der Waals surface area contributed by atoms with Crippen molar-refractivity contribution in [2.45, 2.75) is 33.5 Å². The number of fused-ring (bicyclic) bond motifs is 1. The zero-order valence-corrected chi connectivity index (χ0v) is 16.7. The number of hydrogen-bond acceptors (Lipinski definition) is 3. The Labute approximate surface area is 171 Å². The molecule has 0 aliphatic heterocycles. The fourth-order valence-corrected chi connectivity index (χ4v) is 3.73. The zero-order valence-electron chi connectivity index (χ0n) is 16.7. The number of carbonyl (C=O) groups excluding carboxylic acids is 1. The molecule has 4 aromatic rings. The van der Waals surface area contributed by atoms with Crippen molar-refractivity contribution < 1.29 is 22.4 Å². The highest BCUT2D eigenvalue weighted by molar-refractivity contribution is 6.08. The van der Waals surface area contributed by atoms with E-state index in [2.05, 4.69) is 4.98 Å². The zero-order chi connectivity index (χ0) is 21.6. The molecule has 0 spiro atoms. The normalized spacial score (nSPS) is 11.9. The van der Waals surface area contributed by atoms with E-state index in [4.69, 9.17) is 4.42 Å². The summed E-state index contributed by atoms with van der Waals surface area (Å²) < 4.78 is 46.1. The smallest absolute Gasteiger partial charge is 0.416 e. The van der Waals surface area contributed by atoms with Gasteiger partial charge in [0.2, 0.25) is 5.89 Å². The molecule has 7 heteroatoms. The molecule has 154 valence electrons. The van der Waals surface area contributed by atoms with Crippen LogP contribution in [0, 0.1) is 13.8 Å². The van der Waals surface area contributed by atoms with Crippen LogP contribution in [0.4, 0.5) is 13.2 Å². The van der Waals surface area contributed by atoms with E-state index in [9.17, 15) is 18.0 Å². The van der Waals surface area contributed by atoms with Gasteiger partial charge in [-0.3, -0.25) is 4.79 Å². The SMILES string of the molecule is CC(=O)c1c(C)n(Cc2nc(-c3ccc(C(F)(F)F)cc3)oc2C)c2ccccc12. The van der Waals surface area contributed by atoms with Gasteiger partial charge in [-0.2, -0.15) is 13.2 Å². The lowest BCUT2D eigenvalue weighted by Gasteiger charge is -2.07. The van der Waals surface area contributed by atoms with Gasteiger partial charge in [-0.1, -0.05) is 18.2 Å². The van der Waals surface area contributed by atoms with Gasteiger partial charge in [-0.05, 0) is 51.1 Å². The summed E-state index contributed by atoms with van der Waals surface area (Å²) in [7, 11) is 0. The van der Waals surface area contributed by atoms with Crippen LogP contribution in [-0.2, 0) is 12.7 Å². The quantitative estimate of drug-likeness (QED) is 0.376. The highest BCUT2D eigenvalue weighted by atomic mass is 19.4. The molecule has 0 fully saturated rings. The van der Waals surface area contributed by atoms with Crippen molar-refractivity contribution in [2.24, 2.45) is 0 Å². The van der Waals surface area contributed by atoms with E-state index in [0.29, 0.717) is 29.1 Å². The van der Waals surface area contributed by atoms with Gasteiger partial charge >= 0.3 is 6.18 Å². The first-order valence-corrected chi connectivity index (χ1v) is 9.39. The van der Waals surface area contributed by atoms with Gasteiger partial charge in [0.15, 0.2) is 5.78 Å². The number of alkyl halides is 3. The summed E-state index contributed by atoms with van der Waals surface area (Å²) in [5.74, 6) is 0.827. The highest BCUT2D eigenvalue weighted by Gasteiger charge is 2.30. The van der Waals surface area contributed by atoms with Gasteiger partial charge in [0.05, 0.1) is 12.1 Å². The molecule has 0 aliphatic rings. The molecule has 2 aromatic carbocycles. The van der Waals surface area contributed by atoms with E-state index in [1.165, 1.54) is 12.1 Å². The third-order valence-electron chi connectivity index (χ3n) is 5.24. The minimum Gasteiger partial charge on any atom is -0.441 e. The molecule has 0 N–H and O–H groups in total. The van der Waals surface area contributed by atoms with E-state index in [1.54, 1.807) is 13.8 Å². The molecule has 0 unspecified atom stereocenters. The fourth-order valence-electron chi connectivity index (χ4n) is 3.73. The van der Waals surface area contributed by atoms with Gasteiger partial charge in [-0.15, -0.1) is 0 Å². The van der Waals surface area contributed by atoms with Gasteiger partial charge in [0.1, 0.15) is 11.5 Å². The van der Waals surface area contributed by atoms with Crippen LogP contribution in [0.2, 0.25) is 0 Å². The Bertz CT molecular complexity index is 1250. The summed E-state index contributed by atoms with van der Waals surface area (Å²) in [5.41, 5.74) is 2.83. The summed E-state index contributed by atoms with van der Waals surface area (Å²) in [4.78, 5) is 16.7. The van der Waals surface area contributed by atoms with E-state index in [-0.39, 0.29) is 11.7 Å². The van der Waals surface area contributed by atoms with Crippen molar-refractivity contribution in [2.75, 3.05) is 0 Å². The van der Waals surface area contributed by atoms with Crippen molar-refractivity contribution in [1.82, 2.24) is 9.55 Å². The van der Waals surface area contributed by atoms with Crippen LogP contribution in [0.15, 0.2) is 52.9 Å². The predicted octanol–water partition coefficient (Wildman–Crippen LogP) is 6.18. The second-order valence-electron chi connectivity index (χ2n) is 7.22. The number of halogens is 3. The van der Waals surface area contributed by atoms with Gasteiger partial charge in [0.25, 0.3) is 0 Å². The van der Waals surface area contributed by atoms with E-state index < -0.39 is 11.7 Å². The Morgan fingerprint density at radius 1 is 1.07 bits per heavy atom. The summed E-state index contributed by atoms with van der Waals surface area (Å²) in [6.45, 7) is 5.59. The molecule has 0 atom stereocenters. The number of aryl methyl sites for hydroxylation is 1. The Hall–Kier alpha value is -3.35. The van der Waals surface area contributed by atoms with Gasteiger partial charge in [0, 0.05) is 27.7 Å². The van der Waals surface area contributed by atoms with Crippen LogP contribution in [0.3, 0.4) is 0 Å². The van der Waals surface area contributed by atoms with Crippen LogP contribution in [0.25, 0.3) is 22.4 Å². The molecule has 0 aliphatic carbocycles.